The molecule has 0 bridgehead atoms. The summed E-state index contributed by atoms with van der Waals surface area (Å²) in [6.07, 6.45) is 0. The zero-order valence-electron chi connectivity index (χ0n) is 7.07. The van der Waals surface area contributed by atoms with E-state index in [1.165, 1.54) is 11.8 Å². The molecule has 0 saturated carbocycles. The summed E-state index contributed by atoms with van der Waals surface area (Å²) < 4.78 is 0. The summed E-state index contributed by atoms with van der Waals surface area (Å²) in [5.41, 5.74) is 0. The summed E-state index contributed by atoms with van der Waals surface area (Å²) in [6, 6.07) is 5.09. The molecule has 0 heterocycles. The third-order valence-corrected chi connectivity index (χ3v) is 3.14. The predicted octanol–water partition coefficient (Wildman–Crippen LogP) is 3.36. The molecule has 14 heavy (non-hydrogen) atoms. The second-order valence-corrected chi connectivity index (χ2v) is 4.46. The molecule has 0 atom stereocenters. The summed E-state index contributed by atoms with van der Waals surface area (Å²) >= 11 is 12.9. The van der Waals surface area contributed by atoms with Crippen molar-refractivity contribution in [3.05, 3.63) is 38.4 Å². The van der Waals surface area contributed by atoms with Crippen molar-refractivity contribution in [2.75, 3.05) is 12.3 Å². The monoisotopic (exact) mass is 251 g/mol. The van der Waals surface area contributed by atoms with Gasteiger partial charge in [-0.05, 0) is 18.2 Å². The van der Waals surface area contributed by atoms with Crippen molar-refractivity contribution < 1.29 is 4.92 Å². The van der Waals surface area contributed by atoms with E-state index in [1.54, 1.807) is 18.2 Å². The molecule has 0 amide bonds. The second-order valence-electron chi connectivity index (χ2n) is 2.48. The second kappa shape index (κ2) is 5.44. The van der Waals surface area contributed by atoms with Crippen molar-refractivity contribution in [3.8, 4) is 0 Å². The van der Waals surface area contributed by atoms with Gasteiger partial charge in [-0.3, -0.25) is 10.1 Å². The summed E-state index contributed by atoms with van der Waals surface area (Å²) in [4.78, 5) is 10.5. The fourth-order valence-electron chi connectivity index (χ4n) is 0.822. The fraction of sp³-hybridized carbons (Fsp3) is 0.250. The number of hydrogen-bond acceptors (Lipinski definition) is 3. The van der Waals surface area contributed by atoms with E-state index in [-0.39, 0.29) is 11.5 Å². The minimum absolute atomic E-state index is 0.0659. The molecule has 0 aliphatic carbocycles. The van der Waals surface area contributed by atoms with Gasteiger partial charge in [0, 0.05) is 14.8 Å². The van der Waals surface area contributed by atoms with Gasteiger partial charge in [0.15, 0.2) is 0 Å². The summed E-state index contributed by atoms with van der Waals surface area (Å²) in [7, 11) is 0. The Morgan fingerprint density at radius 3 is 2.71 bits per heavy atom. The maximum Gasteiger partial charge on any atom is 0.213 e. The largest absolute Gasteiger partial charge is 0.265 e. The Morgan fingerprint density at radius 1 is 1.43 bits per heavy atom. The van der Waals surface area contributed by atoms with Crippen molar-refractivity contribution in [2.24, 2.45) is 0 Å². The lowest BCUT2D eigenvalue weighted by Gasteiger charge is -2.01. The predicted molar refractivity (Wildman–Crippen MR) is 59.0 cm³/mol. The van der Waals surface area contributed by atoms with E-state index in [4.69, 9.17) is 23.2 Å². The Kier molecular flexibility index (Phi) is 4.51. The van der Waals surface area contributed by atoms with E-state index in [9.17, 15) is 10.1 Å². The van der Waals surface area contributed by atoms with Crippen molar-refractivity contribution in [1.82, 2.24) is 0 Å². The van der Waals surface area contributed by atoms with Crippen LogP contribution in [0.2, 0.25) is 10.0 Å². The molecule has 0 radical (unpaired) electrons. The lowest BCUT2D eigenvalue weighted by atomic mass is 10.4. The average molecular weight is 252 g/mol. The highest BCUT2D eigenvalue weighted by Gasteiger charge is 2.04. The number of hydrogen-bond donors (Lipinski definition) is 0. The molecule has 0 aliphatic rings. The van der Waals surface area contributed by atoms with Gasteiger partial charge in [0.2, 0.25) is 6.54 Å². The van der Waals surface area contributed by atoms with Crippen LogP contribution in [0.1, 0.15) is 0 Å². The van der Waals surface area contributed by atoms with E-state index in [0.717, 1.165) is 4.90 Å². The fourth-order valence-corrected chi connectivity index (χ4v) is 2.22. The van der Waals surface area contributed by atoms with E-state index in [2.05, 4.69) is 0 Å². The zero-order valence-corrected chi connectivity index (χ0v) is 9.40. The SMILES string of the molecule is O=[N+]([O-])CCSc1ccc(Cl)cc1Cl. The van der Waals surface area contributed by atoms with Gasteiger partial charge >= 0.3 is 0 Å². The van der Waals surface area contributed by atoms with Gasteiger partial charge in [-0.25, -0.2) is 0 Å². The van der Waals surface area contributed by atoms with Crippen LogP contribution in [0.5, 0.6) is 0 Å². The third-order valence-electron chi connectivity index (χ3n) is 1.43. The van der Waals surface area contributed by atoms with Crippen LogP contribution in [0.15, 0.2) is 23.1 Å². The van der Waals surface area contributed by atoms with Crippen molar-refractivity contribution in [3.63, 3.8) is 0 Å². The number of rotatable bonds is 4. The summed E-state index contributed by atoms with van der Waals surface area (Å²) in [5, 5.41) is 11.2. The Labute approximate surface area is 95.5 Å². The maximum absolute atomic E-state index is 10.1. The topological polar surface area (TPSA) is 43.1 Å². The first-order valence-corrected chi connectivity index (χ1v) is 5.53. The van der Waals surface area contributed by atoms with Gasteiger partial charge in [-0.1, -0.05) is 23.2 Å². The van der Waals surface area contributed by atoms with Crippen LogP contribution < -0.4 is 0 Å². The van der Waals surface area contributed by atoms with Gasteiger partial charge in [0.05, 0.1) is 10.8 Å². The smallest absolute Gasteiger partial charge is 0.213 e. The van der Waals surface area contributed by atoms with Gasteiger partial charge in [-0.2, -0.15) is 0 Å². The highest BCUT2D eigenvalue weighted by molar-refractivity contribution is 7.99. The molecule has 0 fully saturated rings. The molecule has 76 valence electrons. The summed E-state index contributed by atoms with van der Waals surface area (Å²) in [6.45, 7) is -0.0659. The molecule has 0 aromatic heterocycles. The first kappa shape index (κ1) is 11.6. The quantitative estimate of drug-likeness (QED) is 0.468. The Morgan fingerprint density at radius 2 is 2.14 bits per heavy atom. The molecule has 0 unspecified atom stereocenters. The molecule has 0 spiro atoms. The van der Waals surface area contributed by atoms with Crippen LogP contribution >= 0.6 is 35.0 Å². The van der Waals surface area contributed by atoms with Crippen LogP contribution in [-0.2, 0) is 0 Å². The minimum atomic E-state index is -0.350. The molecule has 3 nitrogen and oxygen atoms in total. The molecule has 1 aromatic rings. The van der Waals surface area contributed by atoms with Crippen LogP contribution in [0, 0.1) is 10.1 Å². The maximum atomic E-state index is 10.1. The highest BCUT2D eigenvalue weighted by Crippen LogP contribution is 2.29. The third kappa shape index (κ3) is 3.74. The molecule has 6 heteroatoms. The minimum Gasteiger partial charge on any atom is -0.265 e. The van der Waals surface area contributed by atoms with E-state index in [1.807, 2.05) is 0 Å². The number of thioether (sulfide) groups is 1. The van der Waals surface area contributed by atoms with Crippen LogP contribution in [0.25, 0.3) is 0 Å². The lowest BCUT2D eigenvalue weighted by molar-refractivity contribution is -0.474. The Balaban J connectivity index is 2.55. The van der Waals surface area contributed by atoms with Crippen molar-refractivity contribution >= 4 is 35.0 Å². The Hall–Kier alpha value is -0.450. The first-order chi connectivity index (χ1) is 6.59. The molecule has 0 aliphatic heterocycles. The van der Waals surface area contributed by atoms with Crippen molar-refractivity contribution in [2.45, 2.75) is 4.90 Å². The summed E-state index contributed by atoms with van der Waals surface area (Å²) in [5.74, 6) is 0.411. The van der Waals surface area contributed by atoms with E-state index in [0.29, 0.717) is 15.8 Å². The van der Waals surface area contributed by atoms with Crippen LogP contribution in [0.4, 0.5) is 0 Å². The van der Waals surface area contributed by atoms with Gasteiger partial charge in [-0.15, -0.1) is 11.8 Å². The first-order valence-electron chi connectivity index (χ1n) is 3.79. The zero-order chi connectivity index (χ0) is 10.6. The average Bonchev–Trinajstić information content (AvgIpc) is 2.08. The molecule has 0 N–H and O–H groups in total. The molecule has 0 saturated heterocycles. The number of halogens is 2. The Bertz CT molecular complexity index is 346. The molecule has 1 rings (SSSR count). The standard InChI is InChI=1S/C8H7Cl2NO2S/c9-6-1-2-8(7(10)5-6)14-4-3-11(12)13/h1-2,5H,3-4H2. The molecular formula is C8H7Cl2NO2S. The van der Waals surface area contributed by atoms with E-state index < -0.39 is 0 Å². The number of benzene rings is 1. The number of nitro groups is 1. The lowest BCUT2D eigenvalue weighted by Crippen LogP contribution is -2.02. The highest BCUT2D eigenvalue weighted by atomic mass is 35.5. The normalized spacial score (nSPS) is 10.1. The van der Waals surface area contributed by atoms with Crippen molar-refractivity contribution in [1.29, 1.82) is 0 Å². The van der Waals surface area contributed by atoms with Gasteiger partial charge in [0.1, 0.15) is 0 Å². The van der Waals surface area contributed by atoms with Gasteiger partial charge < -0.3 is 0 Å². The molecular weight excluding hydrogens is 245 g/mol. The van der Waals surface area contributed by atoms with Crippen LogP contribution in [0.3, 0.4) is 0 Å². The van der Waals surface area contributed by atoms with E-state index >= 15 is 0 Å². The molecule has 1 aromatic carbocycles. The van der Waals surface area contributed by atoms with Gasteiger partial charge in [0.25, 0.3) is 0 Å². The van der Waals surface area contributed by atoms with Crippen LogP contribution in [-0.4, -0.2) is 17.2 Å². The number of nitrogens with zero attached hydrogens (tertiary/aromatic N) is 1.